The van der Waals surface area contributed by atoms with Gasteiger partial charge in [-0.1, -0.05) is 0 Å². The molecule has 23 heavy (non-hydrogen) atoms. The molecule has 3 N–H and O–H groups in total. The van der Waals surface area contributed by atoms with Crippen molar-refractivity contribution in [3.63, 3.8) is 0 Å². The summed E-state index contributed by atoms with van der Waals surface area (Å²) in [5, 5.41) is 16.0. The molecule has 0 bridgehead atoms. The van der Waals surface area contributed by atoms with Gasteiger partial charge in [0.2, 0.25) is 0 Å². The maximum Gasteiger partial charge on any atom is 0.152 e. The summed E-state index contributed by atoms with van der Waals surface area (Å²) in [7, 11) is 0. The summed E-state index contributed by atoms with van der Waals surface area (Å²) >= 11 is 1.45. The highest BCUT2D eigenvalue weighted by molar-refractivity contribution is 7.13. The van der Waals surface area contributed by atoms with E-state index in [1.165, 1.54) is 17.7 Å². The zero-order chi connectivity index (χ0) is 16.0. The molecule has 0 spiro atoms. The normalized spacial score (nSPS) is 24.5. The van der Waals surface area contributed by atoms with Crippen molar-refractivity contribution in [3.05, 3.63) is 29.7 Å². The van der Waals surface area contributed by atoms with Gasteiger partial charge in [-0.3, -0.25) is 0 Å². The molecule has 1 aliphatic rings. The number of nitrogens with zero attached hydrogens (tertiary/aromatic N) is 4. The third-order valence-corrected chi connectivity index (χ3v) is 4.73. The lowest BCUT2D eigenvalue weighted by Gasteiger charge is -2.13. The highest BCUT2D eigenvalue weighted by Gasteiger charge is 2.38. The molecule has 0 amide bonds. The highest BCUT2D eigenvalue weighted by Crippen LogP contribution is 2.40. The minimum Gasteiger partial charge on any atom is -0.394 e. The largest absolute Gasteiger partial charge is 0.394 e. The number of aliphatic hydroxyl groups excluding tert-OH is 1. The first-order chi connectivity index (χ1) is 11.2. The number of ether oxygens (including phenoxy) is 1. The molecular formula is C14H14FN5O2S. The Morgan fingerprint density at radius 1 is 1.48 bits per heavy atom. The second-order valence-electron chi connectivity index (χ2n) is 5.34. The number of nitrogen functional groups attached to an aromatic ring is 1. The van der Waals surface area contributed by atoms with E-state index >= 15 is 0 Å². The average molecular weight is 335 g/mol. The topological polar surface area (TPSA) is 98.6 Å². The molecule has 0 saturated carbocycles. The number of aliphatic hydroxyl groups is 1. The second-order valence-corrected chi connectivity index (χ2v) is 6.23. The number of hydrogen-bond acceptors (Lipinski definition) is 7. The van der Waals surface area contributed by atoms with E-state index in [-0.39, 0.29) is 13.0 Å². The van der Waals surface area contributed by atoms with Crippen LogP contribution in [-0.4, -0.2) is 43.6 Å². The third-order valence-electron chi connectivity index (χ3n) is 3.92. The Morgan fingerprint density at radius 2 is 2.35 bits per heavy atom. The zero-order valence-electron chi connectivity index (χ0n) is 12.0. The molecule has 0 aliphatic carbocycles. The summed E-state index contributed by atoms with van der Waals surface area (Å²) in [6.07, 6.45) is 0.635. The smallest absolute Gasteiger partial charge is 0.152 e. The van der Waals surface area contributed by atoms with Crippen LogP contribution in [0, 0.1) is 0 Å². The predicted molar refractivity (Wildman–Crippen MR) is 82.7 cm³/mol. The Hall–Kier alpha value is -2.10. The van der Waals surface area contributed by atoms with Gasteiger partial charge in [0, 0.05) is 23.6 Å². The number of alkyl halides is 1. The Balaban J connectivity index is 1.90. The van der Waals surface area contributed by atoms with Crippen LogP contribution in [0.3, 0.4) is 0 Å². The van der Waals surface area contributed by atoms with Crippen LogP contribution < -0.4 is 5.73 Å². The molecule has 4 heterocycles. The minimum atomic E-state index is -1.22. The lowest BCUT2D eigenvalue weighted by atomic mass is 10.1. The molecule has 7 nitrogen and oxygen atoms in total. The molecule has 3 atom stereocenters. The Morgan fingerprint density at radius 3 is 3.04 bits per heavy atom. The fourth-order valence-electron chi connectivity index (χ4n) is 2.91. The average Bonchev–Trinajstić information content (AvgIpc) is 3.25. The van der Waals surface area contributed by atoms with E-state index < -0.39 is 18.4 Å². The van der Waals surface area contributed by atoms with Gasteiger partial charge in [0.15, 0.2) is 5.82 Å². The third kappa shape index (κ3) is 2.28. The van der Waals surface area contributed by atoms with Gasteiger partial charge < -0.3 is 15.6 Å². The van der Waals surface area contributed by atoms with Crippen LogP contribution in [-0.2, 0) is 4.74 Å². The lowest BCUT2D eigenvalue weighted by Crippen LogP contribution is -2.13. The molecule has 1 fully saturated rings. The van der Waals surface area contributed by atoms with Crippen LogP contribution in [0.2, 0.25) is 0 Å². The van der Waals surface area contributed by atoms with E-state index in [4.69, 9.17) is 10.5 Å². The van der Waals surface area contributed by atoms with Gasteiger partial charge in [-0.05, 0) is 6.07 Å². The maximum atomic E-state index is 14.4. The molecule has 1 aliphatic heterocycles. The first-order valence-corrected chi connectivity index (χ1v) is 7.99. The maximum absolute atomic E-state index is 14.4. The van der Waals surface area contributed by atoms with E-state index in [2.05, 4.69) is 15.1 Å². The number of hydrogen-bond donors (Lipinski definition) is 2. The lowest BCUT2D eigenvalue weighted by molar-refractivity contribution is -0.00198. The SMILES string of the molecule is Nc1ncnn2c([C@@H]3O[C@H](CO)C[C@@H]3F)cc(-c3nccs3)c12. The van der Waals surface area contributed by atoms with Gasteiger partial charge in [-0.15, -0.1) is 11.3 Å². The Labute approximate surface area is 134 Å². The monoisotopic (exact) mass is 335 g/mol. The second kappa shape index (κ2) is 5.52. The van der Waals surface area contributed by atoms with Crippen molar-refractivity contribution < 1.29 is 14.2 Å². The fourth-order valence-corrected chi connectivity index (χ4v) is 3.56. The number of halogens is 1. The Kier molecular flexibility index (Phi) is 3.47. The molecule has 3 aromatic rings. The molecule has 0 radical (unpaired) electrons. The molecule has 3 aromatic heterocycles. The van der Waals surface area contributed by atoms with Gasteiger partial charge in [0.05, 0.1) is 18.4 Å². The molecule has 9 heteroatoms. The highest BCUT2D eigenvalue weighted by atomic mass is 32.1. The van der Waals surface area contributed by atoms with Crippen molar-refractivity contribution in [2.24, 2.45) is 0 Å². The molecule has 4 rings (SSSR count). The molecule has 0 aromatic carbocycles. The van der Waals surface area contributed by atoms with Crippen molar-refractivity contribution in [1.29, 1.82) is 0 Å². The number of nitrogens with two attached hydrogens (primary N) is 1. The zero-order valence-corrected chi connectivity index (χ0v) is 12.8. The first kappa shape index (κ1) is 14.5. The molecular weight excluding hydrogens is 321 g/mol. The van der Waals surface area contributed by atoms with Crippen LogP contribution in [0.25, 0.3) is 16.1 Å². The number of anilines is 1. The standard InChI is InChI=1S/C14H14FN5O2S/c15-9-3-7(5-21)22-12(9)10-4-8(14-17-1-2-23-14)11-13(16)18-6-19-20(10)11/h1-2,4,6-7,9,12,21H,3,5H2,(H2,16,18,19)/t7-,9-,12+/m0/s1. The molecule has 0 unspecified atom stereocenters. The van der Waals surface area contributed by atoms with Crippen molar-refractivity contribution in [1.82, 2.24) is 19.6 Å². The van der Waals surface area contributed by atoms with E-state index in [0.29, 0.717) is 17.0 Å². The Bertz CT molecular complexity index is 837. The van der Waals surface area contributed by atoms with Crippen LogP contribution in [0.15, 0.2) is 24.0 Å². The number of rotatable bonds is 3. The molecule has 1 saturated heterocycles. The summed E-state index contributed by atoms with van der Waals surface area (Å²) < 4.78 is 21.5. The summed E-state index contributed by atoms with van der Waals surface area (Å²) in [5.41, 5.74) is 7.87. The fraction of sp³-hybridized carbons (Fsp3) is 0.357. The van der Waals surface area contributed by atoms with Crippen LogP contribution in [0.1, 0.15) is 18.2 Å². The number of fused-ring (bicyclic) bond motifs is 1. The number of aromatic nitrogens is 4. The van der Waals surface area contributed by atoms with Gasteiger partial charge >= 0.3 is 0 Å². The van der Waals surface area contributed by atoms with Crippen LogP contribution in [0.5, 0.6) is 0 Å². The van der Waals surface area contributed by atoms with Gasteiger partial charge in [-0.25, -0.2) is 18.9 Å². The van der Waals surface area contributed by atoms with E-state index in [1.54, 1.807) is 16.8 Å². The van der Waals surface area contributed by atoms with Gasteiger partial charge in [0.1, 0.15) is 29.1 Å². The quantitative estimate of drug-likeness (QED) is 0.754. The summed E-state index contributed by atoms with van der Waals surface area (Å²) in [4.78, 5) is 8.30. The van der Waals surface area contributed by atoms with Gasteiger partial charge in [-0.2, -0.15) is 5.10 Å². The summed E-state index contributed by atoms with van der Waals surface area (Å²) in [5.74, 6) is 0.295. The van der Waals surface area contributed by atoms with E-state index in [9.17, 15) is 9.50 Å². The van der Waals surface area contributed by atoms with E-state index in [1.807, 2.05) is 5.38 Å². The van der Waals surface area contributed by atoms with Crippen molar-refractivity contribution in [2.45, 2.75) is 24.8 Å². The minimum absolute atomic E-state index is 0.154. The number of thiazole rings is 1. The summed E-state index contributed by atoms with van der Waals surface area (Å²) in [6, 6.07) is 1.79. The summed E-state index contributed by atoms with van der Waals surface area (Å²) in [6.45, 7) is -0.212. The molecule has 120 valence electrons. The predicted octanol–water partition coefficient (Wildman–Crippen LogP) is 1.60. The first-order valence-electron chi connectivity index (χ1n) is 7.11. The van der Waals surface area contributed by atoms with E-state index in [0.717, 1.165) is 10.6 Å². The van der Waals surface area contributed by atoms with Crippen LogP contribution >= 0.6 is 11.3 Å². The van der Waals surface area contributed by atoms with Crippen molar-refractivity contribution in [3.8, 4) is 10.6 Å². The van der Waals surface area contributed by atoms with Crippen LogP contribution in [0.4, 0.5) is 10.2 Å². The van der Waals surface area contributed by atoms with Crippen molar-refractivity contribution in [2.75, 3.05) is 12.3 Å². The van der Waals surface area contributed by atoms with Crippen molar-refractivity contribution >= 4 is 22.7 Å². The van der Waals surface area contributed by atoms with Gasteiger partial charge in [0.25, 0.3) is 0 Å².